The standard InChI is InChI=1S/C15H16N2O3/c1-17-15(19)7-10-2-3-12-8-13(20-9-14(16)18)5-4-11(12)6-10/h2-6,8H,7,9H2,1H3,(H2,16,18)(H,17,19). The minimum atomic E-state index is -0.508. The molecule has 0 fully saturated rings. The molecule has 0 heterocycles. The number of nitrogens with one attached hydrogen (secondary N) is 1. The van der Waals surface area contributed by atoms with Crippen molar-refractivity contribution in [3.8, 4) is 5.75 Å². The molecule has 0 unspecified atom stereocenters. The van der Waals surface area contributed by atoms with Crippen LogP contribution in [0.25, 0.3) is 10.8 Å². The SMILES string of the molecule is CNC(=O)Cc1ccc2cc(OCC(N)=O)ccc2c1. The number of nitrogens with two attached hydrogens (primary N) is 1. The summed E-state index contributed by atoms with van der Waals surface area (Å²) in [5, 5.41) is 4.59. The summed E-state index contributed by atoms with van der Waals surface area (Å²) < 4.78 is 5.25. The zero-order valence-corrected chi connectivity index (χ0v) is 11.2. The van der Waals surface area contributed by atoms with Crippen molar-refractivity contribution in [2.75, 3.05) is 13.7 Å². The number of primary amides is 1. The fraction of sp³-hybridized carbons (Fsp3) is 0.200. The Morgan fingerprint density at radius 1 is 1.15 bits per heavy atom. The van der Waals surface area contributed by atoms with Crippen LogP contribution in [0.5, 0.6) is 5.75 Å². The minimum absolute atomic E-state index is 0.0224. The number of rotatable bonds is 5. The molecule has 3 N–H and O–H groups in total. The first kappa shape index (κ1) is 13.9. The van der Waals surface area contributed by atoms with Gasteiger partial charge in [0.05, 0.1) is 6.42 Å². The van der Waals surface area contributed by atoms with Crippen LogP contribution in [-0.2, 0) is 16.0 Å². The van der Waals surface area contributed by atoms with Crippen molar-refractivity contribution in [2.45, 2.75) is 6.42 Å². The van der Waals surface area contributed by atoms with E-state index in [1.54, 1.807) is 13.1 Å². The molecule has 0 aliphatic heterocycles. The first-order chi connectivity index (χ1) is 9.58. The van der Waals surface area contributed by atoms with Crippen molar-refractivity contribution in [2.24, 2.45) is 5.73 Å². The summed E-state index contributed by atoms with van der Waals surface area (Å²) in [4.78, 5) is 22.0. The van der Waals surface area contributed by atoms with Gasteiger partial charge in [-0.15, -0.1) is 0 Å². The molecule has 2 aromatic carbocycles. The third-order valence-corrected chi connectivity index (χ3v) is 2.90. The lowest BCUT2D eigenvalue weighted by molar-refractivity contribution is -0.120. The van der Waals surface area contributed by atoms with E-state index in [1.165, 1.54) is 0 Å². The molecule has 0 aromatic heterocycles. The third kappa shape index (κ3) is 3.47. The lowest BCUT2D eigenvalue weighted by Crippen LogP contribution is -2.20. The van der Waals surface area contributed by atoms with Crippen LogP contribution in [0.1, 0.15) is 5.56 Å². The Morgan fingerprint density at radius 2 is 1.85 bits per heavy atom. The number of benzene rings is 2. The van der Waals surface area contributed by atoms with Gasteiger partial charge in [0.25, 0.3) is 5.91 Å². The highest BCUT2D eigenvalue weighted by molar-refractivity contribution is 5.86. The van der Waals surface area contributed by atoms with E-state index < -0.39 is 5.91 Å². The van der Waals surface area contributed by atoms with E-state index in [1.807, 2.05) is 30.3 Å². The number of carbonyl (C=O) groups is 2. The third-order valence-electron chi connectivity index (χ3n) is 2.90. The second-order valence-corrected chi connectivity index (χ2v) is 4.45. The van der Waals surface area contributed by atoms with Crippen LogP contribution < -0.4 is 15.8 Å². The van der Waals surface area contributed by atoms with Gasteiger partial charge in [0.15, 0.2) is 6.61 Å². The van der Waals surface area contributed by atoms with E-state index in [-0.39, 0.29) is 12.5 Å². The lowest BCUT2D eigenvalue weighted by Gasteiger charge is -2.07. The monoisotopic (exact) mass is 272 g/mol. The molecule has 0 aliphatic carbocycles. The van der Waals surface area contributed by atoms with Gasteiger partial charge >= 0.3 is 0 Å². The van der Waals surface area contributed by atoms with E-state index in [0.29, 0.717) is 12.2 Å². The topological polar surface area (TPSA) is 81.4 Å². The van der Waals surface area contributed by atoms with Gasteiger partial charge in [-0.2, -0.15) is 0 Å². The summed E-state index contributed by atoms with van der Waals surface area (Å²) in [6, 6.07) is 11.3. The second-order valence-electron chi connectivity index (χ2n) is 4.45. The molecule has 0 aliphatic rings. The molecule has 2 aromatic rings. The van der Waals surface area contributed by atoms with Crippen LogP contribution in [0, 0.1) is 0 Å². The molecule has 0 saturated heterocycles. The summed E-state index contributed by atoms with van der Waals surface area (Å²) in [5.74, 6) is 0.0622. The van der Waals surface area contributed by atoms with Gasteiger partial charge in [-0.3, -0.25) is 9.59 Å². The average molecular weight is 272 g/mol. The Bertz CT molecular complexity index is 653. The van der Waals surface area contributed by atoms with Gasteiger partial charge in [-0.1, -0.05) is 24.3 Å². The summed E-state index contributed by atoms with van der Waals surface area (Å²) >= 11 is 0. The van der Waals surface area contributed by atoms with Gasteiger partial charge in [0.1, 0.15) is 5.75 Å². The van der Waals surface area contributed by atoms with Crippen molar-refractivity contribution in [3.63, 3.8) is 0 Å². The van der Waals surface area contributed by atoms with Crippen LogP contribution in [0.3, 0.4) is 0 Å². The molecule has 20 heavy (non-hydrogen) atoms. The highest BCUT2D eigenvalue weighted by Crippen LogP contribution is 2.22. The predicted octanol–water partition coefficient (Wildman–Crippen LogP) is 0.992. The number of hydrogen-bond acceptors (Lipinski definition) is 3. The van der Waals surface area contributed by atoms with Crippen LogP contribution in [0.15, 0.2) is 36.4 Å². The second kappa shape index (κ2) is 6.06. The molecule has 0 atom stereocenters. The molecule has 5 nitrogen and oxygen atoms in total. The largest absolute Gasteiger partial charge is 0.484 e. The highest BCUT2D eigenvalue weighted by Gasteiger charge is 2.04. The van der Waals surface area contributed by atoms with Crippen molar-refractivity contribution >= 4 is 22.6 Å². The van der Waals surface area contributed by atoms with Gasteiger partial charge in [0.2, 0.25) is 5.91 Å². The average Bonchev–Trinajstić information content (AvgIpc) is 2.44. The summed E-state index contributed by atoms with van der Waals surface area (Å²) in [6.45, 7) is -0.139. The minimum Gasteiger partial charge on any atom is -0.484 e. The van der Waals surface area contributed by atoms with E-state index >= 15 is 0 Å². The quantitative estimate of drug-likeness (QED) is 0.851. The van der Waals surface area contributed by atoms with Gasteiger partial charge in [-0.05, 0) is 28.5 Å². The fourth-order valence-corrected chi connectivity index (χ4v) is 1.90. The van der Waals surface area contributed by atoms with Crippen molar-refractivity contribution in [1.82, 2.24) is 5.32 Å². The number of amides is 2. The number of ether oxygens (including phenoxy) is 1. The van der Waals surface area contributed by atoms with Crippen molar-refractivity contribution < 1.29 is 14.3 Å². The van der Waals surface area contributed by atoms with Gasteiger partial charge < -0.3 is 15.8 Å². The van der Waals surface area contributed by atoms with Crippen LogP contribution >= 0.6 is 0 Å². The molecule has 5 heteroatoms. The summed E-state index contributed by atoms with van der Waals surface area (Å²) in [6.07, 6.45) is 0.354. The Morgan fingerprint density at radius 3 is 2.55 bits per heavy atom. The number of hydrogen-bond donors (Lipinski definition) is 2. The molecule has 0 bridgehead atoms. The maximum absolute atomic E-state index is 11.3. The number of fused-ring (bicyclic) bond motifs is 1. The Balaban J connectivity index is 2.20. The number of likely N-dealkylation sites (N-methyl/N-ethyl adjacent to an activating group) is 1. The Kier molecular flexibility index (Phi) is 4.20. The summed E-state index contributed by atoms with van der Waals surface area (Å²) in [5.41, 5.74) is 5.98. The summed E-state index contributed by atoms with van der Waals surface area (Å²) in [7, 11) is 1.62. The van der Waals surface area contributed by atoms with Crippen molar-refractivity contribution in [3.05, 3.63) is 42.0 Å². The molecular formula is C15H16N2O3. The van der Waals surface area contributed by atoms with Crippen LogP contribution in [0.2, 0.25) is 0 Å². The Labute approximate surface area is 116 Å². The van der Waals surface area contributed by atoms with E-state index in [2.05, 4.69) is 5.32 Å². The fourth-order valence-electron chi connectivity index (χ4n) is 1.90. The molecule has 0 spiro atoms. The zero-order valence-electron chi connectivity index (χ0n) is 11.2. The highest BCUT2D eigenvalue weighted by atomic mass is 16.5. The molecule has 104 valence electrons. The maximum Gasteiger partial charge on any atom is 0.255 e. The number of carbonyl (C=O) groups excluding carboxylic acids is 2. The predicted molar refractivity (Wildman–Crippen MR) is 76.4 cm³/mol. The smallest absolute Gasteiger partial charge is 0.255 e. The first-order valence-corrected chi connectivity index (χ1v) is 6.23. The van der Waals surface area contributed by atoms with Crippen LogP contribution in [0.4, 0.5) is 0 Å². The van der Waals surface area contributed by atoms with Crippen molar-refractivity contribution in [1.29, 1.82) is 0 Å². The van der Waals surface area contributed by atoms with Crippen LogP contribution in [-0.4, -0.2) is 25.5 Å². The van der Waals surface area contributed by atoms with Gasteiger partial charge in [-0.25, -0.2) is 0 Å². The Hall–Kier alpha value is -2.56. The van der Waals surface area contributed by atoms with E-state index in [4.69, 9.17) is 10.5 Å². The zero-order chi connectivity index (χ0) is 14.5. The molecule has 0 radical (unpaired) electrons. The van der Waals surface area contributed by atoms with Gasteiger partial charge in [0, 0.05) is 7.05 Å². The van der Waals surface area contributed by atoms with E-state index in [9.17, 15) is 9.59 Å². The molecule has 2 rings (SSSR count). The first-order valence-electron chi connectivity index (χ1n) is 6.23. The molecular weight excluding hydrogens is 256 g/mol. The molecule has 2 amide bonds. The lowest BCUT2D eigenvalue weighted by atomic mass is 10.0. The normalized spacial score (nSPS) is 10.2. The maximum atomic E-state index is 11.3. The molecule has 0 saturated carbocycles. The van der Waals surface area contributed by atoms with E-state index in [0.717, 1.165) is 16.3 Å².